The first-order valence-electron chi connectivity index (χ1n) is 9.36. The number of ether oxygens (including phenoxy) is 3. The highest BCUT2D eigenvalue weighted by molar-refractivity contribution is 5.39. The molecule has 3 rings (SSSR count). The SMILES string of the molecule is Cc1ccc(OC(COc2ccccc2OC(F)(F)F)N2CCCCC2)cc1. The normalized spacial score (nSPS) is 16.4. The Morgan fingerprint density at radius 3 is 2.21 bits per heavy atom. The highest BCUT2D eigenvalue weighted by Gasteiger charge is 2.32. The minimum absolute atomic E-state index is 0.0364. The van der Waals surface area contributed by atoms with Crippen molar-refractivity contribution in [2.45, 2.75) is 38.8 Å². The van der Waals surface area contributed by atoms with Gasteiger partial charge in [0.05, 0.1) is 0 Å². The first kappa shape index (κ1) is 20.3. The van der Waals surface area contributed by atoms with E-state index in [2.05, 4.69) is 9.64 Å². The third kappa shape index (κ3) is 6.05. The van der Waals surface area contributed by atoms with Gasteiger partial charge in [0, 0.05) is 13.1 Å². The molecule has 0 spiro atoms. The van der Waals surface area contributed by atoms with Crippen LogP contribution in [-0.4, -0.2) is 37.2 Å². The average Bonchev–Trinajstić information content (AvgIpc) is 2.67. The first-order valence-corrected chi connectivity index (χ1v) is 9.36. The fraction of sp³-hybridized carbons (Fsp3) is 0.429. The van der Waals surface area contributed by atoms with E-state index < -0.39 is 12.6 Å². The Balaban J connectivity index is 1.71. The summed E-state index contributed by atoms with van der Waals surface area (Å²) in [5.41, 5.74) is 1.12. The Hall–Kier alpha value is -2.41. The van der Waals surface area contributed by atoms with Crippen LogP contribution in [0.15, 0.2) is 48.5 Å². The Morgan fingerprint density at radius 1 is 0.929 bits per heavy atom. The molecule has 0 aromatic heterocycles. The van der Waals surface area contributed by atoms with Crippen molar-refractivity contribution < 1.29 is 27.4 Å². The third-order valence-electron chi connectivity index (χ3n) is 4.55. The van der Waals surface area contributed by atoms with Crippen molar-refractivity contribution in [1.82, 2.24) is 4.90 Å². The predicted octanol–water partition coefficient (Wildman–Crippen LogP) is 5.16. The maximum Gasteiger partial charge on any atom is 0.573 e. The molecule has 1 atom stereocenters. The molecule has 1 heterocycles. The van der Waals surface area contributed by atoms with Crippen LogP contribution >= 0.6 is 0 Å². The van der Waals surface area contributed by atoms with Gasteiger partial charge >= 0.3 is 6.36 Å². The summed E-state index contributed by atoms with van der Waals surface area (Å²) in [6, 6.07) is 13.4. The highest BCUT2D eigenvalue weighted by Crippen LogP contribution is 2.32. The van der Waals surface area contributed by atoms with Gasteiger partial charge in [-0.15, -0.1) is 13.2 Å². The summed E-state index contributed by atoms with van der Waals surface area (Å²) in [5.74, 6) is 0.377. The summed E-state index contributed by atoms with van der Waals surface area (Å²) in [4.78, 5) is 2.16. The smallest absolute Gasteiger partial charge is 0.484 e. The molecular weight excluding hydrogens is 371 g/mol. The topological polar surface area (TPSA) is 30.9 Å². The Labute approximate surface area is 162 Å². The maximum absolute atomic E-state index is 12.6. The summed E-state index contributed by atoms with van der Waals surface area (Å²) in [7, 11) is 0. The molecular formula is C21H24F3NO3. The van der Waals surface area contributed by atoms with E-state index in [9.17, 15) is 13.2 Å². The van der Waals surface area contributed by atoms with E-state index in [1.165, 1.54) is 18.2 Å². The fourth-order valence-electron chi connectivity index (χ4n) is 3.13. The van der Waals surface area contributed by atoms with Gasteiger partial charge in [-0.3, -0.25) is 4.90 Å². The maximum atomic E-state index is 12.6. The van der Waals surface area contributed by atoms with Gasteiger partial charge < -0.3 is 14.2 Å². The quantitative estimate of drug-likeness (QED) is 0.648. The molecule has 1 saturated heterocycles. The summed E-state index contributed by atoms with van der Waals surface area (Å²) < 4.78 is 53.7. The molecule has 2 aromatic rings. The second-order valence-electron chi connectivity index (χ2n) is 6.79. The molecule has 0 aliphatic carbocycles. The molecule has 0 N–H and O–H groups in total. The highest BCUT2D eigenvalue weighted by atomic mass is 19.4. The van der Waals surface area contributed by atoms with Crippen molar-refractivity contribution in [3.05, 3.63) is 54.1 Å². The number of halogens is 3. The van der Waals surface area contributed by atoms with Crippen LogP contribution in [0.4, 0.5) is 13.2 Å². The fourth-order valence-corrected chi connectivity index (χ4v) is 3.13. The van der Waals surface area contributed by atoms with Crippen molar-refractivity contribution >= 4 is 0 Å². The van der Waals surface area contributed by atoms with Crippen LogP contribution in [0.3, 0.4) is 0 Å². The van der Waals surface area contributed by atoms with E-state index in [0.717, 1.165) is 37.9 Å². The van der Waals surface area contributed by atoms with Gasteiger partial charge in [-0.1, -0.05) is 36.2 Å². The second-order valence-corrected chi connectivity index (χ2v) is 6.79. The summed E-state index contributed by atoms with van der Waals surface area (Å²) in [6.45, 7) is 3.81. The summed E-state index contributed by atoms with van der Waals surface area (Å²) in [6.07, 6.45) is -1.90. The van der Waals surface area contributed by atoms with Gasteiger partial charge in [-0.05, 0) is 44.0 Å². The minimum atomic E-state index is -4.77. The number of piperidine rings is 1. The van der Waals surface area contributed by atoms with Crippen LogP contribution in [0.2, 0.25) is 0 Å². The molecule has 0 amide bonds. The van der Waals surface area contributed by atoms with E-state index in [-0.39, 0.29) is 18.1 Å². The van der Waals surface area contributed by atoms with E-state index in [0.29, 0.717) is 5.75 Å². The molecule has 1 aliphatic heterocycles. The van der Waals surface area contributed by atoms with Crippen molar-refractivity contribution in [1.29, 1.82) is 0 Å². The minimum Gasteiger partial charge on any atom is -0.484 e. The lowest BCUT2D eigenvalue weighted by Gasteiger charge is -2.34. The van der Waals surface area contributed by atoms with Crippen molar-refractivity contribution in [3.63, 3.8) is 0 Å². The lowest BCUT2D eigenvalue weighted by atomic mass is 10.1. The molecule has 2 aromatic carbocycles. The molecule has 0 saturated carbocycles. The van der Waals surface area contributed by atoms with E-state index >= 15 is 0 Å². The molecule has 4 nitrogen and oxygen atoms in total. The number of likely N-dealkylation sites (tertiary alicyclic amines) is 1. The van der Waals surface area contributed by atoms with Crippen LogP contribution in [0.5, 0.6) is 17.2 Å². The van der Waals surface area contributed by atoms with Crippen LogP contribution < -0.4 is 14.2 Å². The molecule has 0 bridgehead atoms. The zero-order chi connectivity index (χ0) is 20.0. The number of benzene rings is 2. The molecule has 1 unspecified atom stereocenters. The van der Waals surface area contributed by atoms with Crippen LogP contribution in [0.25, 0.3) is 0 Å². The monoisotopic (exact) mass is 395 g/mol. The molecule has 0 radical (unpaired) electrons. The van der Waals surface area contributed by atoms with Crippen LogP contribution in [0.1, 0.15) is 24.8 Å². The zero-order valence-electron chi connectivity index (χ0n) is 15.7. The molecule has 152 valence electrons. The summed E-state index contributed by atoms with van der Waals surface area (Å²) >= 11 is 0. The number of para-hydroxylation sites is 2. The largest absolute Gasteiger partial charge is 0.573 e. The molecule has 28 heavy (non-hydrogen) atoms. The van der Waals surface area contributed by atoms with Gasteiger partial charge in [0.1, 0.15) is 12.4 Å². The lowest BCUT2D eigenvalue weighted by molar-refractivity contribution is -0.275. The third-order valence-corrected chi connectivity index (χ3v) is 4.55. The van der Waals surface area contributed by atoms with Crippen LogP contribution in [-0.2, 0) is 0 Å². The van der Waals surface area contributed by atoms with Crippen molar-refractivity contribution in [2.75, 3.05) is 19.7 Å². The van der Waals surface area contributed by atoms with Gasteiger partial charge in [0.2, 0.25) is 0 Å². The average molecular weight is 395 g/mol. The Morgan fingerprint density at radius 2 is 1.57 bits per heavy atom. The Kier molecular flexibility index (Phi) is 6.67. The standard InChI is InChI=1S/C21H24F3NO3/c1-16-9-11-17(12-10-16)27-20(25-13-5-2-6-14-25)15-26-18-7-3-4-8-19(18)28-21(22,23)24/h3-4,7-12,20H,2,5-6,13-15H2,1H3. The molecule has 1 aliphatic rings. The zero-order valence-corrected chi connectivity index (χ0v) is 15.7. The first-order chi connectivity index (χ1) is 13.4. The van der Waals surface area contributed by atoms with E-state index in [1.54, 1.807) is 6.07 Å². The van der Waals surface area contributed by atoms with Gasteiger partial charge in [0.15, 0.2) is 17.7 Å². The number of hydrogen-bond acceptors (Lipinski definition) is 4. The van der Waals surface area contributed by atoms with Crippen molar-refractivity contribution in [3.8, 4) is 17.2 Å². The predicted molar refractivity (Wildman–Crippen MR) is 99.6 cm³/mol. The van der Waals surface area contributed by atoms with Crippen LogP contribution in [0, 0.1) is 6.92 Å². The number of rotatable bonds is 7. The number of hydrogen-bond donors (Lipinski definition) is 0. The molecule has 1 fully saturated rings. The second kappa shape index (κ2) is 9.19. The lowest BCUT2D eigenvalue weighted by Crippen LogP contribution is -2.46. The van der Waals surface area contributed by atoms with Gasteiger partial charge in [-0.25, -0.2) is 0 Å². The Bertz CT molecular complexity index is 743. The molecule has 7 heteroatoms. The number of nitrogens with zero attached hydrogens (tertiary/aromatic N) is 1. The van der Waals surface area contributed by atoms with Gasteiger partial charge in [-0.2, -0.15) is 0 Å². The van der Waals surface area contributed by atoms with E-state index in [1.807, 2.05) is 31.2 Å². The van der Waals surface area contributed by atoms with Gasteiger partial charge in [0.25, 0.3) is 0 Å². The van der Waals surface area contributed by atoms with Crippen molar-refractivity contribution in [2.24, 2.45) is 0 Å². The number of aryl methyl sites for hydroxylation is 1. The number of alkyl halides is 3. The van der Waals surface area contributed by atoms with E-state index in [4.69, 9.17) is 9.47 Å². The summed E-state index contributed by atoms with van der Waals surface area (Å²) in [5, 5.41) is 0.